The van der Waals surface area contributed by atoms with Gasteiger partial charge < -0.3 is 18.9 Å². The van der Waals surface area contributed by atoms with Crippen molar-refractivity contribution >= 4 is 34.6 Å². The summed E-state index contributed by atoms with van der Waals surface area (Å²) in [6.45, 7) is 7.15. The van der Waals surface area contributed by atoms with Gasteiger partial charge in [0.15, 0.2) is 28.2 Å². The molecule has 3 aromatic rings. The number of hydrogen-bond acceptors (Lipinski definition) is 7. The Labute approximate surface area is 220 Å². The number of aryl methyl sites for hydroxylation is 2. The Morgan fingerprint density at radius 3 is 2.57 bits per heavy atom. The monoisotopic (exact) mass is 516 g/mol. The number of aliphatic imine (C=N–C) groups is 1. The first-order valence-electron chi connectivity index (χ1n) is 12.0. The van der Waals surface area contributed by atoms with Crippen LogP contribution in [0, 0.1) is 13.8 Å². The van der Waals surface area contributed by atoms with Crippen molar-refractivity contribution in [3.63, 3.8) is 0 Å². The molecule has 0 bridgehead atoms. The van der Waals surface area contributed by atoms with Gasteiger partial charge >= 0.3 is 0 Å². The number of para-hydroxylation sites is 1. The first kappa shape index (κ1) is 24.8. The summed E-state index contributed by atoms with van der Waals surface area (Å²) in [4.78, 5) is 20.3. The SMILES string of the molecule is CCN1C(=O)/C(=C\c2ccc(OCc3ccc4c(c3)OCO4)c(OC)c2)SC1=Nc1c(C)cccc1C. The van der Waals surface area contributed by atoms with Gasteiger partial charge in [-0.25, -0.2) is 4.99 Å². The van der Waals surface area contributed by atoms with Crippen LogP contribution >= 0.6 is 11.8 Å². The fourth-order valence-corrected chi connectivity index (χ4v) is 5.23. The number of hydrogen-bond donors (Lipinski definition) is 0. The van der Waals surface area contributed by atoms with Crippen molar-refractivity contribution in [3.8, 4) is 23.0 Å². The third-order valence-corrected chi connectivity index (χ3v) is 7.17. The van der Waals surface area contributed by atoms with Gasteiger partial charge in [0, 0.05) is 6.54 Å². The summed E-state index contributed by atoms with van der Waals surface area (Å²) in [7, 11) is 1.60. The normalized spacial score (nSPS) is 16.6. The molecule has 5 rings (SSSR count). The highest BCUT2D eigenvalue weighted by Gasteiger charge is 2.32. The third kappa shape index (κ3) is 5.15. The van der Waals surface area contributed by atoms with Crippen molar-refractivity contribution in [1.82, 2.24) is 4.90 Å². The Bertz CT molecular complexity index is 1400. The van der Waals surface area contributed by atoms with E-state index in [9.17, 15) is 4.79 Å². The molecule has 0 aliphatic carbocycles. The van der Waals surface area contributed by atoms with Crippen molar-refractivity contribution in [1.29, 1.82) is 0 Å². The predicted octanol–water partition coefficient (Wildman–Crippen LogP) is 6.24. The Kier molecular flexibility index (Phi) is 7.10. The van der Waals surface area contributed by atoms with Gasteiger partial charge in [0.25, 0.3) is 5.91 Å². The number of amidine groups is 1. The molecule has 0 radical (unpaired) electrons. The maximum Gasteiger partial charge on any atom is 0.266 e. The van der Waals surface area contributed by atoms with E-state index in [1.54, 1.807) is 12.0 Å². The minimum Gasteiger partial charge on any atom is -0.493 e. The van der Waals surface area contributed by atoms with Gasteiger partial charge in [0.2, 0.25) is 6.79 Å². The van der Waals surface area contributed by atoms with Crippen LogP contribution in [0.1, 0.15) is 29.2 Å². The second-order valence-corrected chi connectivity index (χ2v) is 9.69. The highest BCUT2D eigenvalue weighted by molar-refractivity contribution is 8.18. The molecule has 190 valence electrons. The zero-order chi connectivity index (χ0) is 25.9. The first-order chi connectivity index (χ1) is 18.0. The Hall–Kier alpha value is -3.91. The van der Waals surface area contributed by atoms with Gasteiger partial charge in [-0.3, -0.25) is 9.69 Å². The van der Waals surface area contributed by atoms with Crippen LogP contribution in [-0.2, 0) is 11.4 Å². The average Bonchev–Trinajstić information content (AvgIpc) is 3.48. The summed E-state index contributed by atoms with van der Waals surface area (Å²) in [5.74, 6) is 2.60. The van der Waals surface area contributed by atoms with E-state index in [1.807, 2.05) is 81.4 Å². The number of benzene rings is 3. The molecule has 37 heavy (non-hydrogen) atoms. The summed E-state index contributed by atoms with van der Waals surface area (Å²) >= 11 is 1.39. The predicted molar refractivity (Wildman–Crippen MR) is 146 cm³/mol. The van der Waals surface area contributed by atoms with Gasteiger partial charge in [0.1, 0.15) is 6.61 Å². The van der Waals surface area contributed by atoms with Crippen molar-refractivity contribution in [3.05, 3.63) is 81.8 Å². The highest BCUT2D eigenvalue weighted by Crippen LogP contribution is 2.37. The molecular weight excluding hydrogens is 488 g/mol. The van der Waals surface area contributed by atoms with E-state index < -0.39 is 0 Å². The van der Waals surface area contributed by atoms with Gasteiger partial charge in [0.05, 0.1) is 17.7 Å². The number of carbonyl (C=O) groups excluding carboxylic acids is 1. The van der Waals surface area contributed by atoms with Crippen LogP contribution in [0.2, 0.25) is 0 Å². The topological polar surface area (TPSA) is 69.6 Å². The third-order valence-electron chi connectivity index (χ3n) is 6.17. The fourth-order valence-electron chi connectivity index (χ4n) is 4.18. The van der Waals surface area contributed by atoms with Crippen LogP contribution in [0.15, 0.2) is 64.5 Å². The second kappa shape index (κ2) is 10.6. The summed E-state index contributed by atoms with van der Waals surface area (Å²) in [6, 6.07) is 17.4. The number of rotatable bonds is 7. The Morgan fingerprint density at radius 1 is 1.03 bits per heavy atom. The van der Waals surface area contributed by atoms with E-state index in [4.69, 9.17) is 23.9 Å². The standard InChI is InChI=1S/C29H28N2O5S/c1-5-31-28(32)26(37-29(31)30-27-18(2)7-6-8-19(27)3)15-20-9-11-22(24(13-20)33-4)34-16-21-10-12-23-25(14-21)36-17-35-23/h6-15H,5,16-17H2,1-4H3/b26-15+,30-29?. The van der Waals surface area contributed by atoms with E-state index in [0.717, 1.165) is 39.4 Å². The quantitative estimate of drug-likeness (QED) is 0.346. The lowest BCUT2D eigenvalue weighted by Crippen LogP contribution is -2.28. The lowest BCUT2D eigenvalue weighted by molar-refractivity contribution is -0.122. The molecule has 0 unspecified atom stereocenters. The van der Waals surface area contributed by atoms with Gasteiger partial charge in [-0.05, 0) is 85.1 Å². The van der Waals surface area contributed by atoms with Crippen molar-refractivity contribution in [2.45, 2.75) is 27.4 Å². The molecule has 3 aromatic carbocycles. The molecule has 1 amide bonds. The fraction of sp³-hybridized carbons (Fsp3) is 0.241. The molecule has 2 heterocycles. The zero-order valence-electron chi connectivity index (χ0n) is 21.2. The van der Waals surface area contributed by atoms with E-state index in [1.165, 1.54) is 11.8 Å². The van der Waals surface area contributed by atoms with Gasteiger partial charge in [-0.1, -0.05) is 30.3 Å². The molecule has 0 atom stereocenters. The number of nitrogens with zero attached hydrogens (tertiary/aromatic N) is 2. The largest absolute Gasteiger partial charge is 0.493 e. The van der Waals surface area contributed by atoms with E-state index in [2.05, 4.69) is 0 Å². The number of methoxy groups -OCH3 is 1. The minimum atomic E-state index is -0.0559. The Morgan fingerprint density at radius 2 is 1.81 bits per heavy atom. The molecule has 2 aliphatic rings. The van der Waals surface area contributed by atoms with Crippen LogP contribution < -0.4 is 18.9 Å². The van der Waals surface area contributed by atoms with E-state index in [-0.39, 0.29) is 12.7 Å². The molecular formula is C29H28N2O5S. The maximum atomic E-state index is 13.2. The van der Waals surface area contributed by atoms with Crippen LogP contribution in [0.25, 0.3) is 6.08 Å². The molecule has 0 spiro atoms. The molecule has 0 N–H and O–H groups in total. The minimum absolute atomic E-state index is 0.0559. The van der Waals surface area contributed by atoms with Crippen molar-refractivity contribution < 1.29 is 23.7 Å². The lowest BCUT2D eigenvalue weighted by atomic mass is 10.1. The maximum absolute atomic E-state index is 13.2. The van der Waals surface area contributed by atoms with Crippen LogP contribution in [-0.4, -0.2) is 36.4 Å². The van der Waals surface area contributed by atoms with Crippen LogP contribution in [0.4, 0.5) is 5.69 Å². The summed E-state index contributed by atoms with van der Waals surface area (Å²) in [6.07, 6.45) is 1.87. The number of thioether (sulfide) groups is 1. The molecule has 0 aromatic heterocycles. The van der Waals surface area contributed by atoms with E-state index >= 15 is 0 Å². The van der Waals surface area contributed by atoms with Crippen molar-refractivity contribution in [2.75, 3.05) is 20.4 Å². The first-order valence-corrected chi connectivity index (χ1v) is 12.8. The summed E-state index contributed by atoms with van der Waals surface area (Å²) in [5.41, 5.74) is 4.86. The molecule has 8 heteroatoms. The van der Waals surface area contributed by atoms with Gasteiger partial charge in [-0.15, -0.1) is 0 Å². The number of fused-ring (bicyclic) bond motifs is 1. The van der Waals surface area contributed by atoms with Crippen LogP contribution in [0.5, 0.6) is 23.0 Å². The second-order valence-electron chi connectivity index (χ2n) is 8.68. The average molecular weight is 517 g/mol. The van der Waals surface area contributed by atoms with Crippen molar-refractivity contribution in [2.24, 2.45) is 4.99 Å². The number of ether oxygens (including phenoxy) is 4. The molecule has 0 saturated carbocycles. The molecule has 1 saturated heterocycles. The Balaban J connectivity index is 1.35. The number of amides is 1. The summed E-state index contributed by atoms with van der Waals surface area (Å²) in [5, 5.41) is 0.687. The number of carbonyl (C=O) groups is 1. The highest BCUT2D eigenvalue weighted by atomic mass is 32.2. The summed E-state index contributed by atoms with van der Waals surface area (Å²) < 4.78 is 22.4. The molecule has 7 nitrogen and oxygen atoms in total. The molecule has 1 fully saturated rings. The van der Waals surface area contributed by atoms with Gasteiger partial charge in [-0.2, -0.15) is 0 Å². The lowest BCUT2D eigenvalue weighted by Gasteiger charge is -2.13. The zero-order valence-corrected chi connectivity index (χ0v) is 22.1. The van der Waals surface area contributed by atoms with E-state index in [0.29, 0.717) is 34.7 Å². The number of likely N-dealkylation sites (N-methyl/N-ethyl adjacent to an activating group) is 1. The van der Waals surface area contributed by atoms with Crippen LogP contribution in [0.3, 0.4) is 0 Å². The molecule has 2 aliphatic heterocycles. The smallest absolute Gasteiger partial charge is 0.266 e.